The highest BCUT2D eigenvalue weighted by Crippen LogP contribution is 2.47. The lowest BCUT2D eigenvalue weighted by atomic mass is 9.66. The molecule has 7 bridgehead atoms. The van der Waals surface area contributed by atoms with Crippen LogP contribution in [0.1, 0.15) is 128 Å². The molecule has 6 saturated heterocycles. The largest absolute Gasteiger partial charge is 0.464 e. The summed E-state index contributed by atoms with van der Waals surface area (Å²) in [5.41, 5.74) is 9.61. The Kier molecular flexibility index (Phi) is 14.0. The number of carbonyl (C=O) groups excluding carboxylic acids is 3. The van der Waals surface area contributed by atoms with Gasteiger partial charge in [-0.2, -0.15) is 0 Å². The first kappa shape index (κ1) is 52.0. The summed E-state index contributed by atoms with van der Waals surface area (Å²) in [6.45, 7) is 21.3. The third kappa shape index (κ3) is 10.1. The second-order valence-corrected chi connectivity index (χ2v) is 25.8. The molecule has 0 radical (unpaired) electrons. The number of pyridine rings is 1. The van der Waals surface area contributed by atoms with Crippen molar-refractivity contribution in [3.8, 4) is 22.5 Å². The number of nitrogens with one attached hydrogen (secondary N) is 2. The second-order valence-electron chi connectivity index (χ2n) is 24.9. The highest BCUT2D eigenvalue weighted by atomic mass is 32.1. The van der Waals surface area contributed by atoms with Crippen LogP contribution >= 0.6 is 11.3 Å². The van der Waals surface area contributed by atoms with Crippen LogP contribution in [0, 0.1) is 11.3 Å². The van der Waals surface area contributed by atoms with Crippen LogP contribution in [0.4, 0.5) is 10.5 Å². The van der Waals surface area contributed by atoms with Gasteiger partial charge in [0, 0.05) is 111 Å². The van der Waals surface area contributed by atoms with Gasteiger partial charge in [-0.1, -0.05) is 19.9 Å². The topological polar surface area (TPSA) is 159 Å². The molecule has 9 aliphatic rings. The van der Waals surface area contributed by atoms with Crippen molar-refractivity contribution in [2.24, 2.45) is 11.3 Å². The van der Waals surface area contributed by atoms with Crippen molar-refractivity contribution >= 4 is 45.8 Å². The van der Waals surface area contributed by atoms with E-state index < -0.39 is 23.0 Å². The van der Waals surface area contributed by atoms with Crippen molar-refractivity contribution in [1.29, 1.82) is 0 Å². The lowest BCUT2D eigenvalue weighted by Crippen LogP contribution is -2.75. The zero-order valence-corrected chi connectivity index (χ0v) is 46.7. The predicted molar refractivity (Wildman–Crippen MR) is 293 cm³/mol. The summed E-state index contributed by atoms with van der Waals surface area (Å²) in [4.78, 5) is 64.2. The maximum absolute atomic E-state index is 15.3. The maximum Gasteiger partial charge on any atom is 0.328 e. The average molecular weight is 1060 g/mol. The van der Waals surface area contributed by atoms with Crippen molar-refractivity contribution in [2.45, 2.75) is 160 Å². The van der Waals surface area contributed by atoms with E-state index in [1.54, 1.807) is 28.4 Å². The number of cyclic esters (lactones) is 1. The number of nitrogens with zero attached hydrogens (tertiary/aromatic N) is 8. The Morgan fingerprint density at radius 2 is 1.76 bits per heavy atom. The van der Waals surface area contributed by atoms with Crippen LogP contribution < -0.4 is 15.6 Å². The Balaban J connectivity index is 1.01. The van der Waals surface area contributed by atoms with Gasteiger partial charge in [0.1, 0.15) is 16.6 Å². The monoisotopic (exact) mass is 1060 g/mol. The van der Waals surface area contributed by atoms with Gasteiger partial charge in [-0.15, -0.1) is 11.3 Å². The van der Waals surface area contributed by atoms with Crippen molar-refractivity contribution in [1.82, 2.24) is 45.0 Å². The summed E-state index contributed by atoms with van der Waals surface area (Å²) >= 11 is 1.54. The number of methoxy groups -OCH3 is 1. The van der Waals surface area contributed by atoms with E-state index in [2.05, 4.69) is 94.3 Å². The van der Waals surface area contributed by atoms with Gasteiger partial charge in [0.2, 0.25) is 0 Å². The number of benzene rings is 1. The van der Waals surface area contributed by atoms with E-state index in [4.69, 9.17) is 28.9 Å². The molecule has 1 spiro atoms. The SMILES string of the molecule is CO[C@@H](C)c1ncc(N2CCN(C3CC3)CC2)cc1-c1c2c3cc(ccc3n1CCO[C@H]1CCOC(C)(C)C1)-c1csc(n1)[C@@H](N1CCCC1)[C@H](NC(=O)N1CC[C@H]1C)C(=O)N1CC3CC(C3)(N1)C(=O)OCC(C)(C)C2. The van der Waals surface area contributed by atoms with E-state index in [0.29, 0.717) is 52.1 Å². The summed E-state index contributed by atoms with van der Waals surface area (Å²) in [6.07, 6.45) is 10.7. The zero-order chi connectivity index (χ0) is 52.7. The zero-order valence-electron chi connectivity index (χ0n) is 45.9. The molecule has 7 aliphatic heterocycles. The fraction of sp³-hybridized carbons (Fsp3) is 0.672. The van der Waals surface area contributed by atoms with Crippen molar-refractivity contribution in [3.05, 3.63) is 52.1 Å². The third-order valence-corrected chi connectivity index (χ3v) is 19.1. The molecule has 10 heterocycles. The fourth-order valence-corrected chi connectivity index (χ4v) is 14.5. The van der Waals surface area contributed by atoms with Crippen LogP contribution in [0.25, 0.3) is 33.4 Å². The Bertz CT molecular complexity index is 2820. The van der Waals surface area contributed by atoms with Gasteiger partial charge in [-0.05, 0) is 128 Å². The fourth-order valence-electron chi connectivity index (χ4n) is 13.5. The standard InChI is InChI=1S/C58H80N10O7S/c1-36-14-18-66(36)55(71)61-49-51(65-16-8-9-17-65)52-60-46(34-76-52)39-10-13-47-43(26-39)45(31-56(3,4)35-74-54(70)58-28-38(29-58)33-68(62-58)53(49)69)50(67(47)23-25-73-42-15-24-75-57(5,6)30-42)44-27-41(32-59-48(44)37(2)72-7)64-21-19-63(20-22-64)40-11-12-40/h10,13,26-27,32,34,36-38,40,42,49,51,62H,8-9,11-12,14-25,28-31,33,35H2,1-7H3,(H,61,71)/t36-,37+,38?,42+,49+,51+,58?/m1/s1. The molecule has 3 amide bonds. The highest BCUT2D eigenvalue weighted by molar-refractivity contribution is 7.10. The number of piperazine rings is 1. The molecular weight excluding hydrogens is 981 g/mol. The van der Waals surface area contributed by atoms with Crippen molar-refractivity contribution in [2.75, 3.05) is 84.2 Å². The van der Waals surface area contributed by atoms with Gasteiger partial charge in [-0.25, -0.2) is 20.0 Å². The van der Waals surface area contributed by atoms with Gasteiger partial charge >= 0.3 is 12.0 Å². The van der Waals surface area contributed by atoms with E-state index in [1.807, 2.05) is 13.1 Å². The Morgan fingerprint density at radius 1 is 0.974 bits per heavy atom. The normalized spacial score (nSPS) is 29.4. The van der Waals surface area contributed by atoms with Gasteiger partial charge in [0.05, 0.1) is 66.0 Å². The predicted octanol–water partition coefficient (Wildman–Crippen LogP) is 7.72. The number of thiazole rings is 1. The minimum Gasteiger partial charge on any atom is -0.464 e. The van der Waals surface area contributed by atoms with Crippen molar-refractivity contribution in [3.63, 3.8) is 0 Å². The van der Waals surface area contributed by atoms with Crippen molar-refractivity contribution < 1.29 is 33.3 Å². The number of carbonyl (C=O) groups is 3. The summed E-state index contributed by atoms with van der Waals surface area (Å²) < 4.78 is 28.0. The molecular formula is C58H80N10O7S. The first-order valence-corrected chi connectivity index (χ1v) is 29.4. The molecule has 3 aromatic heterocycles. The summed E-state index contributed by atoms with van der Waals surface area (Å²) in [5.74, 6) is -0.485. The van der Waals surface area contributed by atoms with E-state index in [9.17, 15) is 9.59 Å². The first-order chi connectivity index (χ1) is 36.6. The minimum atomic E-state index is -1.05. The Morgan fingerprint density at radius 3 is 2.47 bits per heavy atom. The van der Waals surface area contributed by atoms with Crippen LogP contribution in [0.3, 0.4) is 0 Å². The summed E-state index contributed by atoms with van der Waals surface area (Å²) in [7, 11) is 1.75. The molecule has 8 fully saturated rings. The third-order valence-electron chi connectivity index (χ3n) is 18.1. The number of rotatable bonds is 11. The number of hydrazine groups is 1. The number of aromatic nitrogens is 3. The van der Waals surface area contributed by atoms with Crippen LogP contribution in [-0.2, 0) is 41.5 Å². The van der Waals surface area contributed by atoms with Crippen LogP contribution in [0.2, 0.25) is 0 Å². The number of urea groups is 1. The highest BCUT2D eigenvalue weighted by Gasteiger charge is 2.58. The molecule has 4 aromatic rings. The molecule has 2 aliphatic carbocycles. The number of hydrogen-bond acceptors (Lipinski definition) is 14. The van der Waals surface area contributed by atoms with E-state index in [-0.39, 0.29) is 54.3 Å². The summed E-state index contributed by atoms with van der Waals surface area (Å²) in [6, 6.07) is 8.13. The second kappa shape index (κ2) is 20.5. The number of likely N-dealkylation sites (tertiary alicyclic amines) is 2. The number of amides is 3. The maximum atomic E-state index is 15.3. The molecule has 17 nitrogen and oxygen atoms in total. The van der Waals surface area contributed by atoms with Gasteiger partial charge in [0.15, 0.2) is 0 Å². The lowest BCUT2D eigenvalue weighted by molar-refractivity contribution is -0.180. The molecule has 2 saturated carbocycles. The number of anilines is 1. The Hall–Kier alpha value is -4.69. The van der Waals surface area contributed by atoms with Gasteiger partial charge < -0.3 is 38.6 Å². The Labute approximate surface area is 452 Å². The van der Waals surface area contributed by atoms with E-state index in [0.717, 1.165) is 133 Å². The minimum absolute atomic E-state index is 0.0787. The summed E-state index contributed by atoms with van der Waals surface area (Å²) in [5, 5.41) is 8.85. The number of ether oxygens (including phenoxy) is 4. The molecule has 1 aromatic carbocycles. The lowest BCUT2D eigenvalue weighted by Gasteiger charge is -2.55. The van der Waals surface area contributed by atoms with Gasteiger partial charge in [-0.3, -0.25) is 24.6 Å². The molecule has 410 valence electrons. The molecule has 2 N–H and O–H groups in total. The van der Waals surface area contributed by atoms with Crippen LogP contribution in [-0.4, -0.2) is 167 Å². The molecule has 18 heteroatoms. The smallest absolute Gasteiger partial charge is 0.328 e. The average Bonchev–Trinajstić information content (AvgIpc) is 3.77. The number of fused-ring (bicyclic) bond motifs is 4. The first-order valence-electron chi connectivity index (χ1n) is 28.5. The van der Waals surface area contributed by atoms with Gasteiger partial charge in [0.25, 0.3) is 5.91 Å². The molecule has 76 heavy (non-hydrogen) atoms. The van der Waals surface area contributed by atoms with Crippen LogP contribution in [0.5, 0.6) is 0 Å². The quantitative estimate of drug-likeness (QED) is 0.141. The molecule has 5 atom stereocenters. The molecule has 0 unspecified atom stereocenters. The van der Waals surface area contributed by atoms with E-state index in [1.165, 1.54) is 12.8 Å². The number of esters is 1. The number of hydrogen-bond donors (Lipinski definition) is 2. The molecule has 13 rings (SSSR count). The van der Waals surface area contributed by atoms with E-state index >= 15 is 4.79 Å². The van der Waals surface area contributed by atoms with Crippen LogP contribution in [0.15, 0.2) is 35.8 Å².